The Balaban J connectivity index is 4.20. The molecule has 290 valence electrons. The number of hydrogen-bond acceptors (Lipinski definition) is 6. The maximum atomic E-state index is 12.6. The number of carbonyl (C=O) groups is 3. The van der Waals surface area contributed by atoms with Crippen molar-refractivity contribution in [1.82, 2.24) is 0 Å². The van der Waals surface area contributed by atoms with Gasteiger partial charge >= 0.3 is 17.9 Å². The predicted octanol–water partition coefficient (Wildman–Crippen LogP) is 13.3. The van der Waals surface area contributed by atoms with Crippen LogP contribution in [0.2, 0.25) is 0 Å². The van der Waals surface area contributed by atoms with Gasteiger partial charge in [-0.1, -0.05) is 201 Å². The Bertz CT molecular complexity index is 723. The minimum atomic E-state index is -0.755. The molecule has 0 spiro atoms. The number of rotatable bonds is 39. The molecule has 0 rings (SSSR count). The molecule has 0 radical (unpaired) electrons. The smallest absolute Gasteiger partial charge is 0.306 e. The highest BCUT2D eigenvalue weighted by Gasteiger charge is 2.19. The van der Waals surface area contributed by atoms with Crippen LogP contribution in [0.4, 0.5) is 0 Å². The highest BCUT2D eigenvalue weighted by atomic mass is 16.6. The molecule has 0 aliphatic carbocycles. The van der Waals surface area contributed by atoms with Crippen molar-refractivity contribution < 1.29 is 28.6 Å². The van der Waals surface area contributed by atoms with E-state index >= 15 is 0 Å². The van der Waals surface area contributed by atoms with E-state index in [4.69, 9.17) is 14.2 Å². The zero-order chi connectivity index (χ0) is 35.9. The second-order valence-corrected chi connectivity index (χ2v) is 14.6. The van der Waals surface area contributed by atoms with Gasteiger partial charge in [0.25, 0.3) is 0 Å². The zero-order valence-corrected chi connectivity index (χ0v) is 33.0. The minimum absolute atomic E-state index is 0.0641. The van der Waals surface area contributed by atoms with Gasteiger partial charge in [0.2, 0.25) is 0 Å². The predicted molar refractivity (Wildman–Crippen MR) is 206 cm³/mol. The lowest BCUT2D eigenvalue weighted by Gasteiger charge is -2.18. The quantitative estimate of drug-likeness (QED) is 0.0362. The molecule has 0 unspecified atom stereocenters. The Morgan fingerprint density at radius 2 is 0.551 bits per heavy atom. The molecule has 6 nitrogen and oxygen atoms in total. The van der Waals surface area contributed by atoms with Gasteiger partial charge in [0.15, 0.2) is 6.10 Å². The third-order valence-electron chi connectivity index (χ3n) is 9.61. The average Bonchev–Trinajstić information content (AvgIpc) is 3.09. The number of esters is 3. The van der Waals surface area contributed by atoms with Crippen LogP contribution < -0.4 is 0 Å². The third kappa shape index (κ3) is 37.5. The molecule has 0 bridgehead atoms. The summed E-state index contributed by atoms with van der Waals surface area (Å²) in [6.07, 6.45) is 38.2. The molecular formula is C43H82O6. The fraction of sp³-hybridized carbons (Fsp3) is 0.930. The first kappa shape index (κ1) is 47.4. The maximum Gasteiger partial charge on any atom is 0.306 e. The average molecular weight is 695 g/mol. The highest BCUT2D eigenvalue weighted by Crippen LogP contribution is 2.15. The Hall–Kier alpha value is -1.59. The van der Waals surface area contributed by atoms with E-state index < -0.39 is 6.10 Å². The Morgan fingerprint density at radius 1 is 0.327 bits per heavy atom. The lowest BCUT2D eigenvalue weighted by Crippen LogP contribution is -2.30. The van der Waals surface area contributed by atoms with Gasteiger partial charge in [0.1, 0.15) is 13.2 Å². The second kappa shape index (κ2) is 39.2. The van der Waals surface area contributed by atoms with Gasteiger partial charge in [-0.15, -0.1) is 0 Å². The molecule has 6 heteroatoms. The van der Waals surface area contributed by atoms with Crippen LogP contribution in [0, 0.1) is 0 Å². The molecule has 0 aliphatic rings. The summed E-state index contributed by atoms with van der Waals surface area (Å²) < 4.78 is 16.6. The first-order valence-corrected chi connectivity index (χ1v) is 21.5. The van der Waals surface area contributed by atoms with Gasteiger partial charge in [0, 0.05) is 19.3 Å². The van der Waals surface area contributed by atoms with E-state index in [0.29, 0.717) is 19.3 Å². The van der Waals surface area contributed by atoms with E-state index in [-0.39, 0.29) is 31.1 Å². The molecule has 0 aliphatic heterocycles. The second-order valence-electron chi connectivity index (χ2n) is 14.6. The van der Waals surface area contributed by atoms with Crippen molar-refractivity contribution in [3.63, 3.8) is 0 Å². The summed E-state index contributed by atoms with van der Waals surface area (Å²) in [5.41, 5.74) is 0. The molecule has 0 amide bonds. The van der Waals surface area contributed by atoms with E-state index in [1.807, 2.05) is 0 Å². The highest BCUT2D eigenvalue weighted by molar-refractivity contribution is 5.71. The van der Waals surface area contributed by atoms with Gasteiger partial charge in [-0.3, -0.25) is 14.4 Å². The Labute approximate surface area is 304 Å². The van der Waals surface area contributed by atoms with Crippen molar-refractivity contribution in [3.8, 4) is 0 Å². The third-order valence-corrected chi connectivity index (χ3v) is 9.61. The van der Waals surface area contributed by atoms with Gasteiger partial charge in [-0.2, -0.15) is 0 Å². The van der Waals surface area contributed by atoms with Gasteiger partial charge in [0.05, 0.1) is 0 Å². The fourth-order valence-electron chi connectivity index (χ4n) is 6.32. The van der Waals surface area contributed by atoms with Gasteiger partial charge < -0.3 is 14.2 Å². The van der Waals surface area contributed by atoms with Gasteiger partial charge in [-0.05, 0) is 19.3 Å². The maximum absolute atomic E-state index is 12.6. The summed E-state index contributed by atoms with van der Waals surface area (Å²) in [5, 5.41) is 0. The summed E-state index contributed by atoms with van der Waals surface area (Å²) in [4.78, 5) is 37.3. The van der Waals surface area contributed by atoms with Crippen LogP contribution in [-0.4, -0.2) is 37.2 Å². The molecule has 49 heavy (non-hydrogen) atoms. The van der Waals surface area contributed by atoms with E-state index in [1.165, 1.54) is 135 Å². The van der Waals surface area contributed by atoms with Crippen molar-refractivity contribution in [1.29, 1.82) is 0 Å². The number of ether oxygens (including phenoxy) is 3. The van der Waals surface area contributed by atoms with Crippen LogP contribution in [0.3, 0.4) is 0 Å². The monoisotopic (exact) mass is 695 g/mol. The van der Waals surface area contributed by atoms with Crippen LogP contribution in [0.15, 0.2) is 0 Å². The molecule has 0 heterocycles. The molecule has 0 aromatic carbocycles. The Kier molecular flexibility index (Phi) is 37.9. The van der Waals surface area contributed by atoms with E-state index in [2.05, 4.69) is 20.8 Å². The Morgan fingerprint density at radius 3 is 0.816 bits per heavy atom. The fourth-order valence-corrected chi connectivity index (χ4v) is 6.32. The van der Waals surface area contributed by atoms with Crippen LogP contribution >= 0.6 is 0 Å². The SMILES string of the molecule is CCCCCCCCCCCCCCCCC(=O)OC[C@@H](COC(=O)CCCCCCC)OC(=O)CCCCCCCCCCCCCC. The number of unbranched alkanes of at least 4 members (excludes halogenated alkanes) is 28. The standard InChI is InChI=1S/C43H82O6/c1-4-7-10-13-15-17-19-21-22-24-25-27-30-33-36-42(45)48-39-40(38-47-41(44)35-32-29-12-9-6-3)49-43(46)37-34-31-28-26-23-20-18-16-14-11-8-5-2/h40H,4-39H2,1-3H3/t40-/m1/s1. The normalized spacial score (nSPS) is 11.8. The van der Waals surface area contributed by atoms with E-state index in [9.17, 15) is 14.4 Å². The van der Waals surface area contributed by atoms with Crippen molar-refractivity contribution in [2.45, 2.75) is 245 Å². The number of carbonyl (C=O) groups excluding carboxylic acids is 3. The van der Waals surface area contributed by atoms with Crippen molar-refractivity contribution in [3.05, 3.63) is 0 Å². The van der Waals surface area contributed by atoms with Crippen LogP contribution in [0.1, 0.15) is 239 Å². The first-order chi connectivity index (χ1) is 24.0. The van der Waals surface area contributed by atoms with Crippen LogP contribution in [0.25, 0.3) is 0 Å². The molecular weight excluding hydrogens is 612 g/mol. The van der Waals surface area contributed by atoms with Crippen LogP contribution in [-0.2, 0) is 28.6 Å². The minimum Gasteiger partial charge on any atom is -0.462 e. The lowest BCUT2D eigenvalue weighted by molar-refractivity contribution is -0.167. The summed E-state index contributed by atoms with van der Waals surface area (Å²) in [6.45, 7) is 6.56. The lowest BCUT2D eigenvalue weighted by atomic mass is 10.0. The van der Waals surface area contributed by atoms with Crippen molar-refractivity contribution in [2.24, 2.45) is 0 Å². The molecule has 0 aromatic rings. The molecule has 1 atom stereocenters. The molecule has 0 fully saturated rings. The molecule has 0 aromatic heterocycles. The van der Waals surface area contributed by atoms with Crippen molar-refractivity contribution in [2.75, 3.05) is 13.2 Å². The topological polar surface area (TPSA) is 78.9 Å². The molecule has 0 saturated carbocycles. The summed E-state index contributed by atoms with van der Waals surface area (Å²) in [7, 11) is 0. The van der Waals surface area contributed by atoms with Crippen molar-refractivity contribution >= 4 is 17.9 Å². The van der Waals surface area contributed by atoms with E-state index in [0.717, 1.165) is 64.2 Å². The van der Waals surface area contributed by atoms with Crippen LogP contribution in [0.5, 0.6) is 0 Å². The molecule has 0 N–H and O–H groups in total. The van der Waals surface area contributed by atoms with E-state index in [1.54, 1.807) is 0 Å². The first-order valence-electron chi connectivity index (χ1n) is 21.5. The number of hydrogen-bond donors (Lipinski definition) is 0. The largest absolute Gasteiger partial charge is 0.462 e. The molecule has 0 saturated heterocycles. The summed E-state index contributed by atoms with van der Waals surface area (Å²) in [5.74, 6) is -0.869. The summed E-state index contributed by atoms with van der Waals surface area (Å²) in [6, 6.07) is 0. The summed E-state index contributed by atoms with van der Waals surface area (Å²) >= 11 is 0. The zero-order valence-electron chi connectivity index (χ0n) is 33.0. The van der Waals surface area contributed by atoms with Gasteiger partial charge in [-0.25, -0.2) is 0 Å².